The fourth-order valence-electron chi connectivity index (χ4n) is 2.24. The van der Waals surface area contributed by atoms with E-state index in [-0.39, 0.29) is 6.04 Å². The molecule has 4 nitrogen and oxygen atoms in total. The molecule has 4 heteroatoms. The summed E-state index contributed by atoms with van der Waals surface area (Å²) >= 11 is 0. The standard InChI is InChI=1S/C12H21N3O/c1-9(2)12-14-4-5-15(12)7-11(13)10-3-6-16-8-10/h4-5,9-11H,3,6-8,13H2,1-2H3. The van der Waals surface area contributed by atoms with Crippen molar-refractivity contribution >= 4 is 0 Å². The Labute approximate surface area is 96.8 Å². The molecule has 0 aliphatic carbocycles. The van der Waals surface area contributed by atoms with Gasteiger partial charge in [0.1, 0.15) is 5.82 Å². The van der Waals surface area contributed by atoms with Crippen LogP contribution < -0.4 is 5.73 Å². The lowest BCUT2D eigenvalue weighted by atomic mass is 10.00. The number of imidazole rings is 1. The van der Waals surface area contributed by atoms with Gasteiger partial charge in [-0.1, -0.05) is 13.8 Å². The summed E-state index contributed by atoms with van der Waals surface area (Å²) in [6, 6.07) is 0.175. The van der Waals surface area contributed by atoms with Gasteiger partial charge in [0.05, 0.1) is 6.61 Å². The van der Waals surface area contributed by atoms with Crippen LogP contribution in [0.2, 0.25) is 0 Å². The lowest BCUT2D eigenvalue weighted by molar-refractivity contribution is 0.178. The van der Waals surface area contributed by atoms with Crippen molar-refractivity contribution in [3.05, 3.63) is 18.2 Å². The topological polar surface area (TPSA) is 53.1 Å². The van der Waals surface area contributed by atoms with Crippen molar-refractivity contribution in [1.29, 1.82) is 0 Å². The number of rotatable bonds is 4. The molecule has 16 heavy (non-hydrogen) atoms. The summed E-state index contributed by atoms with van der Waals surface area (Å²) in [5.74, 6) is 2.07. The second-order valence-corrected chi connectivity index (χ2v) is 4.88. The minimum atomic E-state index is 0.175. The van der Waals surface area contributed by atoms with Crippen LogP contribution in [0.25, 0.3) is 0 Å². The van der Waals surface area contributed by atoms with Crippen LogP contribution in [0, 0.1) is 5.92 Å². The second-order valence-electron chi connectivity index (χ2n) is 4.88. The third kappa shape index (κ3) is 2.44. The molecule has 0 amide bonds. The maximum absolute atomic E-state index is 6.21. The van der Waals surface area contributed by atoms with Crippen molar-refractivity contribution in [2.45, 2.75) is 38.8 Å². The van der Waals surface area contributed by atoms with E-state index in [2.05, 4.69) is 23.4 Å². The molecule has 2 heterocycles. The van der Waals surface area contributed by atoms with Gasteiger partial charge in [-0.2, -0.15) is 0 Å². The van der Waals surface area contributed by atoms with Crippen LogP contribution >= 0.6 is 0 Å². The highest BCUT2D eigenvalue weighted by molar-refractivity contribution is 4.98. The highest BCUT2D eigenvalue weighted by Gasteiger charge is 2.23. The van der Waals surface area contributed by atoms with Crippen LogP contribution in [0.15, 0.2) is 12.4 Å². The molecule has 2 N–H and O–H groups in total. The van der Waals surface area contributed by atoms with Gasteiger partial charge < -0.3 is 15.0 Å². The molecule has 2 rings (SSSR count). The highest BCUT2D eigenvalue weighted by Crippen LogP contribution is 2.18. The van der Waals surface area contributed by atoms with Gasteiger partial charge in [-0.3, -0.25) is 0 Å². The Morgan fingerprint density at radius 3 is 3.06 bits per heavy atom. The average molecular weight is 223 g/mol. The van der Waals surface area contributed by atoms with E-state index in [1.165, 1.54) is 0 Å². The maximum atomic E-state index is 6.21. The van der Waals surface area contributed by atoms with Gasteiger partial charge >= 0.3 is 0 Å². The Morgan fingerprint density at radius 1 is 1.62 bits per heavy atom. The molecular weight excluding hydrogens is 202 g/mol. The average Bonchev–Trinajstić information content (AvgIpc) is 2.86. The summed E-state index contributed by atoms with van der Waals surface area (Å²) in [4.78, 5) is 4.37. The predicted octanol–water partition coefficient (Wildman–Crippen LogP) is 1.37. The summed E-state index contributed by atoms with van der Waals surface area (Å²) < 4.78 is 7.54. The maximum Gasteiger partial charge on any atom is 0.111 e. The minimum Gasteiger partial charge on any atom is -0.381 e. The van der Waals surface area contributed by atoms with E-state index in [0.29, 0.717) is 11.8 Å². The fourth-order valence-corrected chi connectivity index (χ4v) is 2.24. The fraction of sp³-hybridized carbons (Fsp3) is 0.750. The number of aromatic nitrogens is 2. The van der Waals surface area contributed by atoms with Crippen molar-refractivity contribution in [3.8, 4) is 0 Å². The normalized spacial score (nSPS) is 22.9. The van der Waals surface area contributed by atoms with Gasteiger partial charge in [-0.05, 0) is 6.42 Å². The van der Waals surface area contributed by atoms with Gasteiger partial charge in [0.15, 0.2) is 0 Å². The number of nitrogens with zero attached hydrogens (tertiary/aromatic N) is 2. The van der Waals surface area contributed by atoms with E-state index >= 15 is 0 Å². The van der Waals surface area contributed by atoms with Crippen molar-refractivity contribution in [2.24, 2.45) is 11.7 Å². The van der Waals surface area contributed by atoms with Gasteiger partial charge in [0.25, 0.3) is 0 Å². The predicted molar refractivity (Wildman–Crippen MR) is 63.2 cm³/mol. The lowest BCUT2D eigenvalue weighted by Crippen LogP contribution is -2.35. The molecule has 1 aliphatic rings. The van der Waals surface area contributed by atoms with Gasteiger partial charge in [0.2, 0.25) is 0 Å². The first-order chi connectivity index (χ1) is 7.68. The van der Waals surface area contributed by atoms with Crippen LogP contribution in [-0.4, -0.2) is 28.8 Å². The third-order valence-corrected chi connectivity index (χ3v) is 3.24. The first-order valence-corrected chi connectivity index (χ1v) is 6.03. The van der Waals surface area contributed by atoms with Crippen LogP contribution in [0.5, 0.6) is 0 Å². The Kier molecular flexibility index (Phi) is 3.61. The van der Waals surface area contributed by atoms with E-state index in [9.17, 15) is 0 Å². The summed E-state index contributed by atoms with van der Waals surface area (Å²) in [7, 11) is 0. The molecule has 0 radical (unpaired) electrons. The molecule has 2 unspecified atom stereocenters. The summed E-state index contributed by atoms with van der Waals surface area (Å²) in [6.07, 6.45) is 4.96. The highest BCUT2D eigenvalue weighted by atomic mass is 16.5. The molecule has 90 valence electrons. The molecule has 0 aromatic carbocycles. The quantitative estimate of drug-likeness (QED) is 0.838. The molecule has 0 saturated carbocycles. The first kappa shape index (κ1) is 11.6. The zero-order valence-electron chi connectivity index (χ0n) is 10.1. The lowest BCUT2D eigenvalue weighted by Gasteiger charge is -2.20. The summed E-state index contributed by atoms with van der Waals surface area (Å²) in [6.45, 7) is 6.83. The Hall–Kier alpha value is -0.870. The molecule has 2 atom stereocenters. The largest absolute Gasteiger partial charge is 0.381 e. The van der Waals surface area contributed by atoms with Gasteiger partial charge in [0, 0.05) is 43.4 Å². The van der Waals surface area contributed by atoms with Crippen LogP contribution in [0.1, 0.15) is 32.0 Å². The van der Waals surface area contributed by atoms with Crippen LogP contribution in [0.4, 0.5) is 0 Å². The SMILES string of the molecule is CC(C)c1nccn1CC(N)C1CCOC1. The first-order valence-electron chi connectivity index (χ1n) is 6.03. The van der Waals surface area contributed by atoms with E-state index < -0.39 is 0 Å². The monoisotopic (exact) mass is 223 g/mol. The van der Waals surface area contributed by atoms with Crippen LogP contribution in [0.3, 0.4) is 0 Å². The minimum absolute atomic E-state index is 0.175. The smallest absolute Gasteiger partial charge is 0.111 e. The molecule has 1 aromatic rings. The number of hydrogen-bond acceptors (Lipinski definition) is 3. The van der Waals surface area contributed by atoms with E-state index in [0.717, 1.165) is 32.0 Å². The van der Waals surface area contributed by atoms with Crippen molar-refractivity contribution in [1.82, 2.24) is 9.55 Å². The second kappa shape index (κ2) is 4.97. The molecule has 1 aliphatic heterocycles. The van der Waals surface area contributed by atoms with E-state index in [1.807, 2.05) is 12.4 Å². The van der Waals surface area contributed by atoms with E-state index in [1.54, 1.807) is 0 Å². The number of nitrogens with two attached hydrogens (primary N) is 1. The van der Waals surface area contributed by atoms with Gasteiger partial charge in [-0.15, -0.1) is 0 Å². The van der Waals surface area contributed by atoms with Crippen LogP contribution in [-0.2, 0) is 11.3 Å². The van der Waals surface area contributed by atoms with Crippen molar-refractivity contribution in [3.63, 3.8) is 0 Å². The zero-order chi connectivity index (χ0) is 11.5. The molecule has 1 fully saturated rings. The number of hydrogen-bond donors (Lipinski definition) is 1. The summed E-state index contributed by atoms with van der Waals surface area (Å²) in [5.41, 5.74) is 6.21. The molecule has 1 aromatic heterocycles. The Bertz CT molecular complexity index is 329. The summed E-state index contributed by atoms with van der Waals surface area (Å²) in [5, 5.41) is 0. The zero-order valence-corrected chi connectivity index (χ0v) is 10.1. The van der Waals surface area contributed by atoms with Crippen molar-refractivity contribution in [2.75, 3.05) is 13.2 Å². The number of ether oxygens (including phenoxy) is 1. The van der Waals surface area contributed by atoms with E-state index in [4.69, 9.17) is 10.5 Å². The molecule has 0 spiro atoms. The van der Waals surface area contributed by atoms with Crippen molar-refractivity contribution < 1.29 is 4.74 Å². The molecule has 1 saturated heterocycles. The Balaban J connectivity index is 1.99. The Morgan fingerprint density at radius 2 is 2.44 bits per heavy atom. The molecular formula is C12H21N3O. The molecule has 0 bridgehead atoms. The van der Waals surface area contributed by atoms with Gasteiger partial charge in [-0.25, -0.2) is 4.98 Å². The third-order valence-electron chi connectivity index (χ3n) is 3.24.